The van der Waals surface area contributed by atoms with E-state index in [1.807, 2.05) is 81.8 Å². The molecule has 7 rings (SSSR count). The van der Waals surface area contributed by atoms with Gasteiger partial charge in [0.05, 0.1) is 46.4 Å². The number of ether oxygens (including phenoxy) is 1. The number of pyridine rings is 2. The zero-order valence-corrected chi connectivity index (χ0v) is 34.8. The normalized spacial score (nSPS) is 17.7. The summed E-state index contributed by atoms with van der Waals surface area (Å²) in [6.07, 6.45) is 9.14. The Morgan fingerprint density at radius 3 is 2.49 bits per heavy atom. The first kappa shape index (κ1) is 40.5. The van der Waals surface area contributed by atoms with Crippen LogP contribution < -0.4 is 5.32 Å². The van der Waals surface area contributed by atoms with Gasteiger partial charge in [-0.25, -0.2) is 4.98 Å². The molecule has 0 saturated heterocycles. The smallest absolute Gasteiger partial charge is 0.309 e. The highest BCUT2D eigenvalue weighted by atomic mass is 35.5. The lowest BCUT2D eigenvalue weighted by Gasteiger charge is -2.38. The van der Waals surface area contributed by atoms with Gasteiger partial charge in [-0.2, -0.15) is 8.42 Å². The van der Waals surface area contributed by atoms with Crippen LogP contribution in [0.5, 0.6) is 0 Å². The van der Waals surface area contributed by atoms with E-state index in [4.69, 9.17) is 25.5 Å². The summed E-state index contributed by atoms with van der Waals surface area (Å²) < 4.78 is 35.5. The highest BCUT2D eigenvalue weighted by Crippen LogP contribution is 2.38. The highest BCUT2D eigenvalue weighted by molar-refractivity contribution is 7.85. The van der Waals surface area contributed by atoms with Crippen LogP contribution in [-0.4, -0.2) is 69.2 Å². The first-order chi connectivity index (χ1) is 27.0. The Hall–Kier alpha value is -4.69. The summed E-state index contributed by atoms with van der Waals surface area (Å²) in [5.74, 6) is -0.144. The fourth-order valence-corrected chi connectivity index (χ4v) is 8.66. The number of amides is 1. The van der Waals surface area contributed by atoms with Crippen LogP contribution >= 0.6 is 11.6 Å². The maximum atomic E-state index is 13.8. The van der Waals surface area contributed by atoms with Crippen LogP contribution in [0.3, 0.4) is 0 Å². The lowest BCUT2D eigenvalue weighted by Crippen LogP contribution is -2.42. The summed E-state index contributed by atoms with van der Waals surface area (Å²) in [5.41, 5.74) is 7.88. The quantitative estimate of drug-likeness (QED) is 0.111. The van der Waals surface area contributed by atoms with Crippen LogP contribution in [0.4, 0.5) is 5.69 Å². The molecule has 1 aliphatic heterocycles. The van der Waals surface area contributed by atoms with Crippen LogP contribution in [0.15, 0.2) is 60.9 Å². The van der Waals surface area contributed by atoms with Crippen molar-refractivity contribution in [1.29, 1.82) is 0 Å². The molecule has 1 fully saturated rings. The molecule has 0 bridgehead atoms. The van der Waals surface area contributed by atoms with Gasteiger partial charge < -0.3 is 14.6 Å². The average molecular weight is 813 g/mol. The SMILES string of the molecule is Cc1c(Cc2nccc3cc(COS(C)(=O)=O)cnc23)cccc1-c1cccc(NC(=O)c2nc3c(n2C)CCN(C2CCC(C(=O)OC(C)(C)C)CC2)C3)c1Cl. The lowest BCUT2D eigenvalue weighted by atomic mass is 9.84. The van der Waals surface area contributed by atoms with Crippen molar-refractivity contribution in [3.8, 4) is 11.1 Å². The maximum absolute atomic E-state index is 13.8. The Morgan fingerprint density at radius 2 is 1.75 bits per heavy atom. The van der Waals surface area contributed by atoms with Crippen molar-refractivity contribution in [1.82, 2.24) is 24.4 Å². The first-order valence-electron chi connectivity index (χ1n) is 19.3. The van der Waals surface area contributed by atoms with E-state index >= 15 is 0 Å². The Labute approximate surface area is 339 Å². The van der Waals surface area contributed by atoms with E-state index in [0.29, 0.717) is 41.1 Å². The van der Waals surface area contributed by atoms with Crippen LogP contribution in [0, 0.1) is 12.8 Å². The number of carbonyl (C=O) groups is 2. The number of rotatable bonds is 10. The zero-order chi connectivity index (χ0) is 40.6. The van der Waals surface area contributed by atoms with E-state index in [0.717, 1.165) is 95.1 Å². The monoisotopic (exact) mass is 812 g/mol. The Kier molecular flexibility index (Phi) is 11.6. The predicted molar refractivity (Wildman–Crippen MR) is 220 cm³/mol. The third kappa shape index (κ3) is 9.22. The molecule has 0 atom stereocenters. The molecule has 1 saturated carbocycles. The molecule has 1 N–H and O–H groups in total. The number of nitrogens with zero attached hydrogens (tertiary/aromatic N) is 5. The number of hydrogen-bond donors (Lipinski definition) is 1. The third-order valence-corrected chi connectivity index (χ3v) is 11.9. The number of aromatic nitrogens is 4. The summed E-state index contributed by atoms with van der Waals surface area (Å²) in [7, 11) is -1.69. The second-order valence-electron chi connectivity index (χ2n) is 16.2. The van der Waals surface area contributed by atoms with Crippen LogP contribution in [0.25, 0.3) is 22.0 Å². The molecule has 4 heterocycles. The van der Waals surface area contributed by atoms with Gasteiger partial charge >= 0.3 is 5.97 Å². The molecule has 57 heavy (non-hydrogen) atoms. The van der Waals surface area contributed by atoms with E-state index < -0.39 is 15.7 Å². The van der Waals surface area contributed by atoms with Crippen molar-refractivity contribution in [3.63, 3.8) is 0 Å². The van der Waals surface area contributed by atoms with Gasteiger partial charge in [-0.1, -0.05) is 41.9 Å². The molecule has 2 aliphatic rings. The number of hydrogen-bond acceptors (Lipinski definition) is 10. The minimum Gasteiger partial charge on any atom is -0.460 e. The summed E-state index contributed by atoms with van der Waals surface area (Å²) in [6, 6.07) is 15.7. The number of nitrogens with one attached hydrogen (secondary N) is 1. The minimum atomic E-state index is -3.58. The number of anilines is 1. The van der Waals surface area contributed by atoms with E-state index in [2.05, 4.69) is 20.2 Å². The van der Waals surface area contributed by atoms with Gasteiger partial charge in [-0.3, -0.25) is 28.6 Å². The van der Waals surface area contributed by atoms with E-state index in [9.17, 15) is 18.0 Å². The van der Waals surface area contributed by atoms with Crippen LogP contribution in [-0.2, 0) is 56.9 Å². The number of fused-ring (bicyclic) bond motifs is 2. The van der Waals surface area contributed by atoms with Crippen molar-refractivity contribution < 1.29 is 26.9 Å². The maximum Gasteiger partial charge on any atom is 0.309 e. The van der Waals surface area contributed by atoms with Gasteiger partial charge in [0.2, 0.25) is 0 Å². The zero-order valence-electron chi connectivity index (χ0n) is 33.3. The molecule has 12 nitrogen and oxygen atoms in total. The van der Waals surface area contributed by atoms with Gasteiger partial charge in [0.15, 0.2) is 5.82 Å². The summed E-state index contributed by atoms with van der Waals surface area (Å²) in [5, 5.41) is 4.29. The first-order valence-corrected chi connectivity index (χ1v) is 21.5. The van der Waals surface area contributed by atoms with Gasteiger partial charge in [0.25, 0.3) is 16.0 Å². The molecule has 1 aliphatic carbocycles. The molecular weight excluding hydrogens is 764 g/mol. The second-order valence-corrected chi connectivity index (χ2v) is 18.2. The van der Waals surface area contributed by atoms with Crippen molar-refractivity contribution in [3.05, 3.63) is 106 Å². The van der Waals surface area contributed by atoms with Crippen molar-refractivity contribution >= 4 is 50.2 Å². The second kappa shape index (κ2) is 16.3. The fourth-order valence-electron chi connectivity index (χ4n) is 8.03. The molecule has 0 unspecified atom stereocenters. The fraction of sp³-hybridized carbons (Fsp3) is 0.419. The molecule has 0 spiro atoms. The largest absolute Gasteiger partial charge is 0.460 e. The highest BCUT2D eigenvalue weighted by Gasteiger charge is 2.35. The molecule has 0 radical (unpaired) electrons. The summed E-state index contributed by atoms with van der Waals surface area (Å²) >= 11 is 7.07. The number of esters is 1. The van der Waals surface area contributed by atoms with Gasteiger partial charge in [0, 0.05) is 68.1 Å². The Bertz CT molecular complexity index is 2450. The van der Waals surface area contributed by atoms with Gasteiger partial charge in [-0.05, 0) is 93.8 Å². The van der Waals surface area contributed by atoms with Crippen molar-refractivity contribution in [2.45, 2.75) is 91.0 Å². The number of halogens is 1. The molecule has 5 aromatic rings. The van der Waals surface area contributed by atoms with E-state index in [1.54, 1.807) is 18.5 Å². The molecule has 14 heteroatoms. The third-order valence-electron chi connectivity index (χ3n) is 11.0. The van der Waals surface area contributed by atoms with E-state index in [-0.39, 0.29) is 24.4 Å². The van der Waals surface area contributed by atoms with Gasteiger partial charge in [-0.15, -0.1) is 0 Å². The Balaban J connectivity index is 1.04. The summed E-state index contributed by atoms with van der Waals surface area (Å²) in [4.78, 5) is 43.0. The van der Waals surface area contributed by atoms with Crippen LogP contribution in [0.2, 0.25) is 5.02 Å². The average Bonchev–Trinajstić information content (AvgIpc) is 3.50. The van der Waals surface area contributed by atoms with Gasteiger partial charge in [0.1, 0.15) is 5.60 Å². The molecule has 2 aromatic carbocycles. The van der Waals surface area contributed by atoms with Crippen molar-refractivity contribution in [2.24, 2.45) is 13.0 Å². The Morgan fingerprint density at radius 1 is 1.02 bits per heavy atom. The van der Waals surface area contributed by atoms with Crippen LogP contribution in [0.1, 0.15) is 90.8 Å². The van der Waals surface area contributed by atoms with E-state index in [1.165, 1.54) is 0 Å². The number of carbonyl (C=O) groups excluding carboxylic acids is 2. The topological polar surface area (TPSA) is 146 Å². The molecule has 300 valence electrons. The standard InChI is InChI=1S/C43H49ClN6O6S/c1-26-29(22-35-39-30(17-19-45-35)21-27(23-46-39)25-55-57(6,53)54)9-7-10-32(26)33-11-8-12-34(38(33)44)48-41(51)40-47-36-24-50(20-18-37(36)49(40)5)31-15-13-28(14-16-31)42(52)56-43(2,3)4/h7-12,17,19,21,23,28,31H,13-16,18,20,22,24-25H2,1-6H3,(H,48,51). The number of benzene rings is 2. The molecule has 3 aromatic heterocycles. The summed E-state index contributed by atoms with van der Waals surface area (Å²) in [6.45, 7) is 9.21. The van der Waals surface area contributed by atoms with Crippen molar-refractivity contribution in [2.75, 3.05) is 18.1 Å². The molecular formula is C43H49ClN6O6S. The molecule has 1 amide bonds. The number of imidazole rings is 1. The predicted octanol–water partition coefficient (Wildman–Crippen LogP) is 7.57. The minimum absolute atomic E-state index is 0.0523. The lowest BCUT2D eigenvalue weighted by molar-refractivity contribution is -0.161.